The van der Waals surface area contributed by atoms with Crippen LogP contribution < -0.4 is 0 Å². The van der Waals surface area contributed by atoms with Crippen molar-refractivity contribution in [1.29, 1.82) is 0 Å². The van der Waals surface area contributed by atoms with Crippen LogP contribution in [-0.2, 0) is 4.79 Å². The molecule has 4 heteroatoms. The van der Waals surface area contributed by atoms with E-state index in [1.165, 1.54) is 24.8 Å². The fourth-order valence-corrected chi connectivity index (χ4v) is 4.45. The summed E-state index contributed by atoms with van der Waals surface area (Å²) >= 11 is 7.69. The van der Waals surface area contributed by atoms with Gasteiger partial charge in [0.25, 0.3) is 0 Å². The summed E-state index contributed by atoms with van der Waals surface area (Å²) in [6, 6.07) is 8.37. The van der Waals surface area contributed by atoms with E-state index in [9.17, 15) is 4.79 Å². The minimum absolute atomic E-state index is 0.188. The molecule has 0 N–H and O–H groups in total. The molecule has 1 aromatic rings. The molecule has 19 heavy (non-hydrogen) atoms. The molecule has 0 radical (unpaired) electrons. The molecule has 0 aromatic heterocycles. The van der Waals surface area contributed by atoms with Gasteiger partial charge in [0, 0.05) is 11.1 Å². The Kier molecular flexibility index (Phi) is 4.04. The van der Waals surface area contributed by atoms with Crippen molar-refractivity contribution in [3.8, 4) is 0 Å². The first kappa shape index (κ1) is 13.3. The van der Waals surface area contributed by atoms with Crippen molar-refractivity contribution >= 4 is 29.3 Å². The lowest BCUT2D eigenvalue weighted by Gasteiger charge is -2.35. The van der Waals surface area contributed by atoms with E-state index in [4.69, 9.17) is 11.6 Å². The zero-order chi connectivity index (χ0) is 13.2. The van der Waals surface area contributed by atoms with Crippen molar-refractivity contribution in [2.24, 2.45) is 0 Å². The summed E-state index contributed by atoms with van der Waals surface area (Å²) in [6.45, 7) is 0. The third-order valence-corrected chi connectivity index (χ3v) is 5.51. The molecule has 2 fully saturated rings. The number of nitrogens with zero attached hydrogens (tertiary/aromatic N) is 1. The summed E-state index contributed by atoms with van der Waals surface area (Å²) in [5.41, 5.74) is 1.20. The third-order valence-electron chi connectivity index (χ3n) is 4.03. The predicted molar refractivity (Wildman–Crippen MR) is 80.4 cm³/mol. The fraction of sp³-hybridized carbons (Fsp3) is 0.533. The summed E-state index contributed by atoms with van der Waals surface area (Å²) < 4.78 is 0. The third kappa shape index (κ3) is 2.77. The Hall–Kier alpha value is -0.670. The smallest absolute Gasteiger partial charge is 0.234 e. The van der Waals surface area contributed by atoms with Gasteiger partial charge in [0.15, 0.2) is 0 Å². The van der Waals surface area contributed by atoms with Crippen LogP contribution in [0.2, 0.25) is 5.02 Å². The van der Waals surface area contributed by atoms with E-state index in [2.05, 4.69) is 17.0 Å². The molecule has 1 amide bonds. The lowest BCUT2D eigenvalue weighted by molar-refractivity contribution is -0.131. The van der Waals surface area contributed by atoms with E-state index >= 15 is 0 Å². The highest BCUT2D eigenvalue weighted by Gasteiger charge is 2.37. The number of hydrogen-bond donors (Lipinski definition) is 0. The Morgan fingerprint density at radius 3 is 2.47 bits per heavy atom. The second-order valence-corrected chi connectivity index (χ2v) is 6.81. The lowest BCUT2D eigenvalue weighted by atomic mass is 9.93. The Morgan fingerprint density at radius 2 is 1.79 bits per heavy atom. The molecular formula is C15H18ClNOS. The van der Waals surface area contributed by atoms with Crippen molar-refractivity contribution in [3.63, 3.8) is 0 Å². The molecule has 3 rings (SSSR count). The van der Waals surface area contributed by atoms with Crippen LogP contribution in [0.15, 0.2) is 24.3 Å². The fourth-order valence-electron chi connectivity index (χ4n) is 3.07. The van der Waals surface area contributed by atoms with Crippen LogP contribution in [-0.4, -0.2) is 22.6 Å². The highest BCUT2D eigenvalue weighted by Crippen LogP contribution is 2.42. The van der Waals surface area contributed by atoms with Crippen LogP contribution >= 0.6 is 23.4 Å². The van der Waals surface area contributed by atoms with Gasteiger partial charge in [0.1, 0.15) is 5.37 Å². The van der Waals surface area contributed by atoms with Gasteiger partial charge < -0.3 is 4.90 Å². The number of carbonyl (C=O) groups is 1. The first-order chi connectivity index (χ1) is 9.25. The van der Waals surface area contributed by atoms with Crippen LogP contribution in [0.25, 0.3) is 0 Å². The number of benzene rings is 1. The number of thioether (sulfide) groups is 1. The maximum absolute atomic E-state index is 12.2. The van der Waals surface area contributed by atoms with Crippen molar-refractivity contribution in [2.45, 2.75) is 43.5 Å². The Labute approximate surface area is 123 Å². The molecule has 2 nitrogen and oxygen atoms in total. The van der Waals surface area contributed by atoms with E-state index < -0.39 is 0 Å². The molecule has 102 valence electrons. The zero-order valence-electron chi connectivity index (χ0n) is 10.8. The molecule has 1 aliphatic carbocycles. The molecule has 1 aliphatic heterocycles. The molecular weight excluding hydrogens is 278 g/mol. The maximum Gasteiger partial charge on any atom is 0.234 e. The molecule has 1 saturated heterocycles. The van der Waals surface area contributed by atoms with Crippen molar-refractivity contribution in [2.75, 3.05) is 5.75 Å². The molecule has 2 aliphatic rings. The summed E-state index contributed by atoms with van der Waals surface area (Å²) in [5, 5.41) is 0.940. The highest BCUT2D eigenvalue weighted by atomic mass is 35.5. The summed E-state index contributed by atoms with van der Waals surface area (Å²) in [7, 11) is 0. The largest absolute Gasteiger partial charge is 0.323 e. The van der Waals surface area contributed by atoms with Gasteiger partial charge >= 0.3 is 0 Å². The Balaban J connectivity index is 1.83. The molecule has 0 bridgehead atoms. The van der Waals surface area contributed by atoms with Gasteiger partial charge in [-0.25, -0.2) is 0 Å². The highest BCUT2D eigenvalue weighted by molar-refractivity contribution is 8.00. The van der Waals surface area contributed by atoms with Crippen LogP contribution in [0.5, 0.6) is 0 Å². The molecule has 1 saturated carbocycles. The zero-order valence-corrected chi connectivity index (χ0v) is 12.4. The minimum Gasteiger partial charge on any atom is -0.323 e. The van der Waals surface area contributed by atoms with Crippen molar-refractivity contribution in [1.82, 2.24) is 4.90 Å². The second-order valence-electron chi connectivity index (χ2n) is 5.31. The SMILES string of the molecule is O=C1CS[C@H](c2ccc(Cl)cc2)N1C1CCCCC1. The van der Waals surface area contributed by atoms with E-state index in [0.717, 1.165) is 17.9 Å². The van der Waals surface area contributed by atoms with Gasteiger partial charge in [0.2, 0.25) is 5.91 Å². The monoisotopic (exact) mass is 295 g/mol. The number of carbonyl (C=O) groups excluding carboxylic acids is 1. The van der Waals surface area contributed by atoms with Gasteiger partial charge in [0.05, 0.1) is 5.75 Å². The van der Waals surface area contributed by atoms with E-state index in [1.807, 2.05) is 12.1 Å². The predicted octanol–water partition coefficient (Wildman–Crippen LogP) is 4.25. The van der Waals surface area contributed by atoms with Crippen LogP contribution in [0.4, 0.5) is 0 Å². The number of halogens is 1. The average Bonchev–Trinajstić information content (AvgIpc) is 2.82. The maximum atomic E-state index is 12.2. The topological polar surface area (TPSA) is 20.3 Å². The molecule has 0 unspecified atom stereocenters. The summed E-state index contributed by atoms with van der Waals surface area (Å²) in [5.74, 6) is 0.918. The van der Waals surface area contributed by atoms with Crippen molar-refractivity contribution in [3.05, 3.63) is 34.9 Å². The normalized spacial score (nSPS) is 25.0. The lowest BCUT2D eigenvalue weighted by Crippen LogP contribution is -2.39. The average molecular weight is 296 g/mol. The number of rotatable bonds is 2. The van der Waals surface area contributed by atoms with Gasteiger partial charge in [-0.2, -0.15) is 0 Å². The minimum atomic E-state index is 0.188. The van der Waals surface area contributed by atoms with Gasteiger partial charge in [-0.05, 0) is 30.5 Å². The van der Waals surface area contributed by atoms with Gasteiger partial charge in [-0.1, -0.05) is 43.0 Å². The van der Waals surface area contributed by atoms with Gasteiger partial charge in [-0.15, -0.1) is 11.8 Å². The number of amides is 1. The molecule has 1 aromatic carbocycles. The van der Waals surface area contributed by atoms with Crippen LogP contribution in [0.1, 0.15) is 43.0 Å². The first-order valence-corrected chi connectivity index (χ1v) is 8.36. The van der Waals surface area contributed by atoms with Gasteiger partial charge in [-0.3, -0.25) is 4.79 Å². The molecule has 1 heterocycles. The summed E-state index contributed by atoms with van der Waals surface area (Å²) in [4.78, 5) is 14.3. The standard InChI is InChI=1S/C15H18ClNOS/c16-12-8-6-11(7-9-12)15-17(14(18)10-19-15)13-4-2-1-3-5-13/h6-9,13,15H,1-5,10H2/t15-/m1/s1. The first-order valence-electron chi connectivity index (χ1n) is 6.94. The Morgan fingerprint density at radius 1 is 1.11 bits per heavy atom. The second kappa shape index (κ2) is 5.76. The van der Waals surface area contributed by atoms with Crippen LogP contribution in [0, 0.1) is 0 Å². The quantitative estimate of drug-likeness (QED) is 0.813. The van der Waals surface area contributed by atoms with E-state index in [-0.39, 0.29) is 5.37 Å². The molecule has 0 spiro atoms. The van der Waals surface area contributed by atoms with Crippen LogP contribution in [0.3, 0.4) is 0 Å². The Bertz CT molecular complexity index is 456. The van der Waals surface area contributed by atoms with E-state index in [0.29, 0.717) is 17.7 Å². The number of hydrogen-bond acceptors (Lipinski definition) is 2. The van der Waals surface area contributed by atoms with Crippen molar-refractivity contribution < 1.29 is 4.79 Å². The van der Waals surface area contributed by atoms with E-state index in [1.54, 1.807) is 11.8 Å². The summed E-state index contributed by atoms with van der Waals surface area (Å²) in [6.07, 6.45) is 6.16. The molecule has 1 atom stereocenters.